The van der Waals surface area contributed by atoms with Crippen molar-refractivity contribution in [2.75, 3.05) is 10.6 Å². The molecule has 0 fully saturated rings. The molecule has 0 aliphatic carbocycles. The predicted molar refractivity (Wildman–Crippen MR) is 91.0 cm³/mol. The molecule has 0 spiro atoms. The first-order chi connectivity index (χ1) is 11.1. The van der Waals surface area contributed by atoms with Crippen LogP contribution in [0.15, 0.2) is 60.5 Å². The molecule has 1 heterocycles. The molecule has 2 atom stereocenters. The lowest BCUT2D eigenvalue weighted by Crippen LogP contribution is -2.44. The monoisotopic (exact) mass is 313 g/mol. The highest BCUT2D eigenvalue weighted by atomic mass is 16.3. The van der Waals surface area contributed by atoms with E-state index in [2.05, 4.69) is 16.0 Å². The van der Waals surface area contributed by atoms with Crippen LogP contribution in [0, 0.1) is 5.41 Å². The van der Waals surface area contributed by atoms with Gasteiger partial charge in [0.2, 0.25) is 6.41 Å². The molecule has 2 rings (SSSR count). The Kier molecular flexibility index (Phi) is 5.54. The van der Waals surface area contributed by atoms with Gasteiger partial charge in [-0.1, -0.05) is 12.2 Å². The average Bonchev–Trinajstić information content (AvgIpc) is 2.57. The first-order valence-corrected chi connectivity index (χ1v) is 7.01. The van der Waals surface area contributed by atoms with Crippen LogP contribution in [0.1, 0.15) is 0 Å². The number of allylic oxidation sites excluding steroid dienone is 3. The maximum absolute atomic E-state index is 10.4. The molecule has 1 amide bonds. The largest absolute Gasteiger partial charge is 0.405 e. The fourth-order valence-electron chi connectivity index (χ4n) is 2.08. The molecular weight excluding hydrogens is 294 g/mol. The first kappa shape index (κ1) is 16.3. The van der Waals surface area contributed by atoms with Crippen molar-refractivity contribution in [3.8, 4) is 0 Å². The minimum atomic E-state index is -0.894. The highest BCUT2D eigenvalue weighted by molar-refractivity contribution is 6.06. The van der Waals surface area contributed by atoms with Crippen molar-refractivity contribution in [3.05, 3.63) is 60.5 Å². The minimum Gasteiger partial charge on any atom is -0.405 e. The molecular formula is C16H19N5O2. The number of aliphatic hydroxyl groups excluding tert-OH is 1. The van der Waals surface area contributed by atoms with Gasteiger partial charge in [0.25, 0.3) is 0 Å². The summed E-state index contributed by atoms with van der Waals surface area (Å²) in [4.78, 5) is 10.4. The van der Waals surface area contributed by atoms with E-state index >= 15 is 0 Å². The lowest BCUT2D eigenvalue weighted by molar-refractivity contribution is -0.105. The van der Waals surface area contributed by atoms with Crippen molar-refractivity contribution >= 4 is 23.5 Å². The van der Waals surface area contributed by atoms with Gasteiger partial charge in [-0.2, -0.15) is 0 Å². The molecule has 0 saturated heterocycles. The van der Waals surface area contributed by atoms with E-state index in [1.165, 1.54) is 12.3 Å². The number of aliphatic hydroxyl groups is 1. The molecule has 2 unspecified atom stereocenters. The number of carbonyl (C=O) groups excluding carboxylic acids is 1. The summed E-state index contributed by atoms with van der Waals surface area (Å²) in [5, 5.41) is 26.7. The Morgan fingerprint density at radius 3 is 2.70 bits per heavy atom. The van der Waals surface area contributed by atoms with Gasteiger partial charge in [0.15, 0.2) is 0 Å². The average molecular weight is 313 g/mol. The highest BCUT2D eigenvalue weighted by Crippen LogP contribution is 2.15. The zero-order valence-electron chi connectivity index (χ0n) is 12.4. The Bertz CT molecular complexity index is 649. The summed E-state index contributed by atoms with van der Waals surface area (Å²) in [6.07, 6.45) is 7.78. The van der Waals surface area contributed by atoms with Gasteiger partial charge >= 0.3 is 0 Å². The second-order valence-electron chi connectivity index (χ2n) is 4.84. The summed E-state index contributed by atoms with van der Waals surface area (Å²) in [5.74, 6) is 0. The molecule has 1 aliphatic heterocycles. The number of hydrogen-bond acceptors (Lipinski definition) is 6. The third-order valence-electron chi connectivity index (χ3n) is 3.22. The van der Waals surface area contributed by atoms with Gasteiger partial charge in [0.1, 0.15) is 6.23 Å². The second-order valence-corrected chi connectivity index (χ2v) is 4.84. The van der Waals surface area contributed by atoms with Crippen LogP contribution in [-0.4, -0.2) is 29.5 Å². The highest BCUT2D eigenvalue weighted by Gasteiger charge is 2.20. The van der Waals surface area contributed by atoms with E-state index in [0.717, 1.165) is 0 Å². The molecule has 1 aliphatic rings. The normalized spacial score (nSPS) is 18.0. The number of benzene rings is 1. The molecule has 0 bridgehead atoms. The zero-order valence-corrected chi connectivity index (χ0v) is 12.4. The smallest absolute Gasteiger partial charge is 0.211 e. The van der Waals surface area contributed by atoms with Crippen LogP contribution in [0.4, 0.5) is 11.4 Å². The molecule has 23 heavy (non-hydrogen) atoms. The molecule has 7 heteroatoms. The number of rotatable bonds is 7. The number of carbonyl (C=O) groups is 1. The third kappa shape index (κ3) is 4.45. The van der Waals surface area contributed by atoms with Crippen LogP contribution in [-0.2, 0) is 4.79 Å². The Hall–Kier alpha value is -3.06. The van der Waals surface area contributed by atoms with Gasteiger partial charge < -0.3 is 26.8 Å². The number of nitrogens with one attached hydrogen (secondary N) is 4. The summed E-state index contributed by atoms with van der Waals surface area (Å²) in [7, 11) is 0. The molecule has 7 N–H and O–H groups in total. The van der Waals surface area contributed by atoms with Gasteiger partial charge in [-0.15, -0.1) is 0 Å². The van der Waals surface area contributed by atoms with E-state index < -0.39 is 12.3 Å². The van der Waals surface area contributed by atoms with E-state index in [9.17, 15) is 9.90 Å². The van der Waals surface area contributed by atoms with Gasteiger partial charge in [-0.05, 0) is 42.6 Å². The summed E-state index contributed by atoms with van der Waals surface area (Å²) in [5.41, 5.74) is 7.47. The van der Waals surface area contributed by atoms with Crippen molar-refractivity contribution in [2.45, 2.75) is 12.3 Å². The standard InChI is InChI=1S/C16H19N5O2/c17-9-8-13(18)14-2-1-3-15(21-14)16(23)20-12-6-4-11(5-7-12)19-10-22/h1-10,15-16,18,20-21,23H,17H2,(H,19,22). The fourth-order valence-corrected chi connectivity index (χ4v) is 2.08. The quantitative estimate of drug-likeness (QED) is 0.253. The predicted octanol–water partition coefficient (Wildman–Crippen LogP) is 0.889. The molecule has 0 saturated carbocycles. The van der Waals surface area contributed by atoms with Crippen molar-refractivity contribution in [3.63, 3.8) is 0 Å². The first-order valence-electron chi connectivity index (χ1n) is 7.01. The van der Waals surface area contributed by atoms with Crippen molar-refractivity contribution in [2.24, 2.45) is 5.73 Å². The van der Waals surface area contributed by atoms with Crippen LogP contribution in [0.2, 0.25) is 0 Å². The second kappa shape index (κ2) is 7.81. The van der Waals surface area contributed by atoms with E-state index in [4.69, 9.17) is 11.1 Å². The van der Waals surface area contributed by atoms with Gasteiger partial charge in [-0.25, -0.2) is 0 Å². The lowest BCUT2D eigenvalue weighted by Gasteiger charge is -2.27. The van der Waals surface area contributed by atoms with Gasteiger partial charge in [0, 0.05) is 11.4 Å². The van der Waals surface area contributed by atoms with Crippen LogP contribution in [0.5, 0.6) is 0 Å². The number of amides is 1. The maximum Gasteiger partial charge on any atom is 0.211 e. The Morgan fingerprint density at radius 1 is 1.35 bits per heavy atom. The van der Waals surface area contributed by atoms with Crippen molar-refractivity contribution in [1.82, 2.24) is 5.32 Å². The number of dihydropyridines is 1. The van der Waals surface area contributed by atoms with Gasteiger partial charge in [-0.3, -0.25) is 10.2 Å². The van der Waals surface area contributed by atoms with E-state index in [1.807, 2.05) is 0 Å². The molecule has 0 aromatic heterocycles. The van der Waals surface area contributed by atoms with Gasteiger partial charge in [0.05, 0.1) is 17.5 Å². The number of anilines is 2. The lowest BCUT2D eigenvalue weighted by atomic mass is 10.1. The molecule has 1 aromatic rings. The van der Waals surface area contributed by atoms with Crippen LogP contribution in [0.25, 0.3) is 0 Å². The van der Waals surface area contributed by atoms with Crippen molar-refractivity contribution < 1.29 is 9.90 Å². The zero-order chi connectivity index (χ0) is 16.7. The summed E-state index contributed by atoms with van der Waals surface area (Å²) in [6, 6.07) is 6.55. The number of hydrogen-bond donors (Lipinski definition) is 6. The SMILES string of the molecule is N=C(C=CN)C1=CC=CC(C(O)Nc2ccc(NC=O)cc2)N1. The Balaban J connectivity index is 1.97. The molecule has 0 radical (unpaired) electrons. The topological polar surface area (TPSA) is 123 Å². The van der Waals surface area contributed by atoms with E-state index in [0.29, 0.717) is 23.5 Å². The van der Waals surface area contributed by atoms with E-state index in [-0.39, 0.29) is 5.71 Å². The summed E-state index contributed by atoms with van der Waals surface area (Å²) >= 11 is 0. The molecule has 120 valence electrons. The maximum atomic E-state index is 10.4. The van der Waals surface area contributed by atoms with Crippen LogP contribution >= 0.6 is 0 Å². The van der Waals surface area contributed by atoms with Crippen LogP contribution < -0.4 is 21.7 Å². The van der Waals surface area contributed by atoms with Crippen molar-refractivity contribution in [1.29, 1.82) is 5.41 Å². The Morgan fingerprint density at radius 2 is 2.04 bits per heavy atom. The third-order valence-corrected chi connectivity index (χ3v) is 3.22. The fraction of sp³-hybridized carbons (Fsp3) is 0.125. The number of nitrogens with two attached hydrogens (primary N) is 1. The summed E-state index contributed by atoms with van der Waals surface area (Å²) < 4.78 is 0. The Labute approximate surface area is 134 Å². The molecule has 7 nitrogen and oxygen atoms in total. The summed E-state index contributed by atoms with van der Waals surface area (Å²) in [6.45, 7) is 0. The minimum absolute atomic E-state index is 0.235. The van der Waals surface area contributed by atoms with Crippen LogP contribution in [0.3, 0.4) is 0 Å². The molecule has 1 aromatic carbocycles. The van der Waals surface area contributed by atoms with E-state index in [1.54, 1.807) is 42.5 Å².